The van der Waals surface area contributed by atoms with Crippen LogP contribution in [0.25, 0.3) is 0 Å². The molecular weight excluding hydrogens is 328 g/mol. The number of piperazine rings is 1. The van der Waals surface area contributed by atoms with Gasteiger partial charge in [0.05, 0.1) is 0 Å². The maximum absolute atomic E-state index is 11.2. The minimum Gasteiger partial charge on any atom is -0.507 e. The van der Waals surface area contributed by atoms with Crippen LogP contribution in [-0.4, -0.2) is 47.3 Å². The van der Waals surface area contributed by atoms with E-state index < -0.39 is 5.97 Å². The summed E-state index contributed by atoms with van der Waals surface area (Å²) in [6, 6.07) is 11.8. The Hall–Kier alpha value is -2.53. The quantitative estimate of drug-likeness (QED) is 0.878. The summed E-state index contributed by atoms with van der Waals surface area (Å²) in [4.78, 5) is 15.9. The zero-order valence-corrected chi connectivity index (χ0v) is 15.6. The van der Waals surface area contributed by atoms with Gasteiger partial charge in [0.15, 0.2) is 0 Å². The highest BCUT2D eigenvalue weighted by molar-refractivity contribution is 5.92. The third kappa shape index (κ3) is 3.68. The summed E-state index contributed by atoms with van der Waals surface area (Å²) in [7, 11) is 0. The Kier molecular flexibility index (Phi) is 5.18. The number of aromatic hydroxyl groups is 1. The minimum absolute atomic E-state index is 0.0476. The fourth-order valence-electron chi connectivity index (χ4n) is 3.75. The van der Waals surface area contributed by atoms with Crippen molar-refractivity contribution in [2.75, 3.05) is 31.1 Å². The average Bonchev–Trinajstić information content (AvgIpc) is 2.61. The molecule has 0 spiro atoms. The summed E-state index contributed by atoms with van der Waals surface area (Å²) in [5.41, 5.74) is 4.77. The Labute approximate surface area is 154 Å². The molecule has 2 aromatic carbocycles. The zero-order valence-electron chi connectivity index (χ0n) is 15.6. The first-order chi connectivity index (χ1) is 12.4. The van der Waals surface area contributed by atoms with Gasteiger partial charge in [-0.2, -0.15) is 0 Å². The Bertz CT molecular complexity index is 811. The van der Waals surface area contributed by atoms with E-state index in [1.807, 2.05) is 0 Å². The summed E-state index contributed by atoms with van der Waals surface area (Å²) in [5, 5.41) is 18.9. The minimum atomic E-state index is -1.11. The second-order valence-electron chi connectivity index (χ2n) is 7.07. The highest BCUT2D eigenvalue weighted by Crippen LogP contribution is 2.28. The molecule has 1 saturated heterocycles. The van der Waals surface area contributed by atoms with Gasteiger partial charge in [-0.15, -0.1) is 0 Å². The van der Waals surface area contributed by atoms with Crippen LogP contribution in [0.2, 0.25) is 0 Å². The molecular formula is C21H26N2O3. The number of benzene rings is 2. The van der Waals surface area contributed by atoms with Crippen LogP contribution < -0.4 is 4.90 Å². The molecule has 1 fully saturated rings. The molecule has 26 heavy (non-hydrogen) atoms. The predicted molar refractivity (Wildman–Crippen MR) is 103 cm³/mol. The normalized spacial score (nSPS) is 16.5. The lowest BCUT2D eigenvalue weighted by Crippen LogP contribution is -2.47. The highest BCUT2D eigenvalue weighted by Gasteiger charge is 2.24. The molecule has 5 nitrogen and oxygen atoms in total. The van der Waals surface area contributed by atoms with Crippen LogP contribution in [0, 0.1) is 13.8 Å². The fourth-order valence-corrected chi connectivity index (χ4v) is 3.75. The number of carbonyl (C=O) groups is 1. The summed E-state index contributed by atoms with van der Waals surface area (Å²) >= 11 is 0. The summed E-state index contributed by atoms with van der Waals surface area (Å²) in [6.45, 7) is 10.0. The van der Waals surface area contributed by atoms with Crippen molar-refractivity contribution in [3.05, 3.63) is 58.7 Å². The van der Waals surface area contributed by atoms with Gasteiger partial charge in [-0.1, -0.05) is 23.8 Å². The molecule has 0 radical (unpaired) electrons. The van der Waals surface area contributed by atoms with E-state index in [0.29, 0.717) is 6.04 Å². The standard InChI is InChI=1S/C21H26N2O3/c1-14-4-6-18(15(2)12-14)16(3)22-8-10-23(11-9-22)17-5-7-20(24)19(13-17)21(25)26/h4-7,12-13,16,24H,8-11H2,1-3H3,(H,25,26). The van der Waals surface area contributed by atoms with Crippen molar-refractivity contribution >= 4 is 11.7 Å². The van der Waals surface area contributed by atoms with E-state index in [2.05, 4.69) is 48.8 Å². The van der Waals surface area contributed by atoms with Gasteiger partial charge in [-0.3, -0.25) is 4.90 Å². The van der Waals surface area contributed by atoms with Crippen LogP contribution in [0.1, 0.15) is 40.0 Å². The molecule has 0 amide bonds. The van der Waals surface area contributed by atoms with Crippen molar-refractivity contribution in [2.24, 2.45) is 0 Å². The number of phenols is 1. The van der Waals surface area contributed by atoms with E-state index in [1.54, 1.807) is 12.1 Å². The average molecular weight is 354 g/mol. The Balaban J connectivity index is 1.69. The molecule has 5 heteroatoms. The van der Waals surface area contributed by atoms with Gasteiger partial charge in [-0.25, -0.2) is 4.79 Å². The summed E-state index contributed by atoms with van der Waals surface area (Å²) in [6.07, 6.45) is 0. The van der Waals surface area contributed by atoms with E-state index in [1.165, 1.54) is 22.8 Å². The predicted octanol–water partition coefficient (Wildman–Crippen LogP) is 3.59. The van der Waals surface area contributed by atoms with Crippen LogP contribution >= 0.6 is 0 Å². The second kappa shape index (κ2) is 7.38. The van der Waals surface area contributed by atoms with Crippen molar-refractivity contribution in [3.63, 3.8) is 0 Å². The molecule has 0 aromatic heterocycles. The smallest absolute Gasteiger partial charge is 0.339 e. The third-order valence-electron chi connectivity index (χ3n) is 5.31. The molecule has 2 aromatic rings. The van der Waals surface area contributed by atoms with Gasteiger partial charge >= 0.3 is 5.97 Å². The van der Waals surface area contributed by atoms with Crippen LogP contribution in [0.5, 0.6) is 5.75 Å². The molecule has 1 atom stereocenters. The molecule has 2 N–H and O–H groups in total. The van der Waals surface area contributed by atoms with Crippen LogP contribution in [0.4, 0.5) is 5.69 Å². The van der Waals surface area contributed by atoms with Crippen LogP contribution in [0.3, 0.4) is 0 Å². The van der Waals surface area contributed by atoms with E-state index in [4.69, 9.17) is 0 Å². The van der Waals surface area contributed by atoms with Gasteiger partial charge in [-0.05, 0) is 50.1 Å². The molecule has 1 aliphatic rings. The van der Waals surface area contributed by atoms with Crippen molar-refractivity contribution < 1.29 is 15.0 Å². The number of aryl methyl sites for hydroxylation is 2. The van der Waals surface area contributed by atoms with Gasteiger partial charge in [0, 0.05) is 37.9 Å². The van der Waals surface area contributed by atoms with Crippen molar-refractivity contribution in [3.8, 4) is 5.75 Å². The Morgan fingerprint density at radius 2 is 1.73 bits per heavy atom. The third-order valence-corrected chi connectivity index (χ3v) is 5.31. The maximum atomic E-state index is 11.2. The summed E-state index contributed by atoms with van der Waals surface area (Å²) in [5.74, 6) is -1.30. The molecule has 1 aliphatic heterocycles. The van der Waals surface area contributed by atoms with E-state index >= 15 is 0 Å². The first-order valence-corrected chi connectivity index (χ1v) is 8.99. The number of anilines is 1. The molecule has 0 aliphatic carbocycles. The lowest BCUT2D eigenvalue weighted by atomic mass is 9.98. The van der Waals surface area contributed by atoms with Crippen molar-refractivity contribution in [2.45, 2.75) is 26.8 Å². The number of carboxylic acid groups (broad SMARTS) is 1. The largest absolute Gasteiger partial charge is 0.507 e. The number of nitrogens with zero attached hydrogens (tertiary/aromatic N) is 2. The molecule has 0 saturated carbocycles. The van der Waals surface area contributed by atoms with Gasteiger partial charge in [0.2, 0.25) is 0 Å². The highest BCUT2D eigenvalue weighted by atomic mass is 16.4. The van der Waals surface area contributed by atoms with E-state index in [0.717, 1.165) is 31.9 Å². The zero-order chi connectivity index (χ0) is 18.8. The van der Waals surface area contributed by atoms with Gasteiger partial charge in [0.1, 0.15) is 11.3 Å². The van der Waals surface area contributed by atoms with E-state index in [-0.39, 0.29) is 11.3 Å². The molecule has 1 unspecified atom stereocenters. The number of rotatable bonds is 4. The van der Waals surface area contributed by atoms with Crippen LogP contribution in [0.15, 0.2) is 36.4 Å². The Morgan fingerprint density at radius 1 is 1.04 bits per heavy atom. The summed E-state index contributed by atoms with van der Waals surface area (Å²) < 4.78 is 0. The first-order valence-electron chi connectivity index (χ1n) is 8.99. The Morgan fingerprint density at radius 3 is 2.35 bits per heavy atom. The molecule has 3 rings (SSSR count). The second-order valence-corrected chi connectivity index (χ2v) is 7.07. The number of aromatic carboxylic acids is 1. The molecule has 0 bridgehead atoms. The maximum Gasteiger partial charge on any atom is 0.339 e. The number of hydrogen-bond donors (Lipinski definition) is 2. The topological polar surface area (TPSA) is 64.0 Å². The monoisotopic (exact) mass is 354 g/mol. The SMILES string of the molecule is Cc1ccc(C(C)N2CCN(c3ccc(O)c(C(=O)O)c3)CC2)c(C)c1. The van der Waals surface area contributed by atoms with E-state index in [9.17, 15) is 15.0 Å². The van der Waals surface area contributed by atoms with Gasteiger partial charge < -0.3 is 15.1 Å². The van der Waals surface area contributed by atoms with Gasteiger partial charge in [0.25, 0.3) is 0 Å². The number of hydrogen-bond acceptors (Lipinski definition) is 4. The fraction of sp³-hybridized carbons (Fsp3) is 0.381. The number of carboxylic acids is 1. The first kappa shape index (κ1) is 18.3. The van der Waals surface area contributed by atoms with Crippen LogP contribution in [-0.2, 0) is 0 Å². The molecule has 138 valence electrons. The lowest BCUT2D eigenvalue weighted by Gasteiger charge is -2.39. The molecule has 1 heterocycles. The van der Waals surface area contributed by atoms with Crippen molar-refractivity contribution in [1.82, 2.24) is 4.90 Å². The lowest BCUT2D eigenvalue weighted by molar-refractivity contribution is 0.0693. The van der Waals surface area contributed by atoms with Crippen molar-refractivity contribution in [1.29, 1.82) is 0 Å².